The number of amides is 1. The predicted octanol–water partition coefficient (Wildman–Crippen LogP) is 4.13. The minimum atomic E-state index is -0.311. The quantitative estimate of drug-likeness (QED) is 0.492. The second kappa shape index (κ2) is 9.21. The largest absolute Gasteiger partial charge is 0.497 e. The van der Waals surface area contributed by atoms with Crippen LogP contribution < -0.4 is 10.1 Å². The zero-order chi connectivity index (χ0) is 21.6. The molecular weight excluding hydrogens is 395 g/mol. The van der Waals surface area contributed by atoms with Gasteiger partial charge in [0.05, 0.1) is 18.7 Å². The van der Waals surface area contributed by atoms with Crippen LogP contribution in [0, 0.1) is 5.82 Å². The number of carbonyl (C=O) groups excluding carboxylic acids is 1. The minimum Gasteiger partial charge on any atom is -0.497 e. The Morgan fingerprint density at radius 1 is 1.10 bits per heavy atom. The third-order valence-corrected chi connectivity index (χ3v) is 4.93. The number of nitrogens with one attached hydrogen (secondary N) is 1. The van der Waals surface area contributed by atoms with Crippen LogP contribution in [0.3, 0.4) is 0 Å². The molecule has 0 aliphatic carbocycles. The summed E-state index contributed by atoms with van der Waals surface area (Å²) in [7, 11) is 1.60. The van der Waals surface area contributed by atoms with E-state index >= 15 is 0 Å². The molecule has 1 atom stereocenters. The summed E-state index contributed by atoms with van der Waals surface area (Å²) in [5.74, 6) is 0.813. The van der Waals surface area contributed by atoms with Crippen LogP contribution in [-0.2, 0) is 6.42 Å². The van der Waals surface area contributed by atoms with Gasteiger partial charge in [-0.25, -0.2) is 14.1 Å². The van der Waals surface area contributed by atoms with E-state index in [1.165, 1.54) is 18.3 Å². The lowest BCUT2D eigenvalue weighted by atomic mass is 9.98. The van der Waals surface area contributed by atoms with Gasteiger partial charge in [0.2, 0.25) is 0 Å². The molecule has 0 aliphatic heterocycles. The van der Waals surface area contributed by atoms with Crippen molar-refractivity contribution in [1.82, 2.24) is 20.1 Å². The molecule has 0 spiro atoms. The number of nitrogens with zero attached hydrogens (tertiary/aromatic N) is 3. The summed E-state index contributed by atoms with van der Waals surface area (Å²) in [6, 6.07) is 18.7. The maximum atomic E-state index is 13.3. The lowest BCUT2D eigenvalue weighted by Crippen LogP contribution is -2.30. The Labute approximate surface area is 179 Å². The summed E-state index contributed by atoms with van der Waals surface area (Å²) >= 11 is 0. The van der Waals surface area contributed by atoms with Gasteiger partial charge in [-0.1, -0.05) is 24.3 Å². The van der Waals surface area contributed by atoms with Gasteiger partial charge in [0.25, 0.3) is 5.91 Å². The van der Waals surface area contributed by atoms with E-state index in [4.69, 9.17) is 4.74 Å². The van der Waals surface area contributed by atoms with Gasteiger partial charge in [-0.2, -0.15) is 5.10 Å². The Kier molecular flexibility index (Phi) is 6.03. The molecule has 0 radical (unpaired) electrons. The number of carbonyl (C=O) groups is 1. The van der Waals surface area contributed by atoms with Gasteiger partial charge in [-0.05, 0) is 60.0 Å². The SMILES string of the molecule is COc1ccc(C(Cc2ccc(F)cc2)NC(=O)c2ccc(-n3cccn3)nc2)cc1. The highest BCUT2D eigenvalue weighted by molar-refractivity contribution is 5.94. The molecule has 1 unspecified atom stereocenters. The molecule has 2 aromatic carbocycles. The molecule has 6 nitrogen and oxygen atoms in total. The van der Waals surface area contributed by atoms with E-state index in [2.05, 4.69) is 15.4 Å². The molecule has 0 bridgehead atoms. The second-order valence-electron chi connectivity index (χ2n) is 6.99. The fourth-order valence-corrected chi connectivity index (χ4v) is 3.25. The van der Waals surface area contributed by atoms with E-state index in [9.17, 15) is 9.18 Å². The smallest absolute Gasteiger partial charge is 0.253 e. The number of halogens is 1. The molecule has 4 rings (SSSR count). The highest BCUT2D eigenvalue weighted by Gasteiger charge is 2.17. The molecule has 7 heteroatoms. The molecule has 2 heterocycles. The van der Waals surface area contributed by atoms with E-state index in [0.29, 0.717) is 17.8 Å². The third-order valence-electron chi connectivity index (χ3n) is 4.93. The Bertz CT molecular complexity index is 1130. The summed E-state index contributed by atoms with van der Waals surface area (Å²) in [5.41, 5.74) is 2.27. The van der Waals surface area contributed by atoms with Crippen LogP contribution in [0.15, 0.2) is 85.3 Å². The van der Waals surface area contributed by atoms with Crippen LogP contribution in [0.5, 0.6) is 5.75 Å². The Balaban J connectivity index is 1.55. The molecule has 1 amide bonds. The fraction of sp³-hybridized carbons (Fsp3) is 0.125. The second-order valence-corrected chi connectivity index (χ2v) is 6.99. The zero-order valence-electron chi connectivity index (χ0n) is 16.9. The van der Waals surface area contributed by atoms with Crippen LogP contribution >= 0.6 is 0 Å². The standard InChI is InChI=1S/C24H21FN4O2/c1-31-21-10-5-18(6-11-21)22(15-17-3-8-20(25)9-4-17)28-24(30)19-7-12-23(26-16-19)29-14-2-13-27-29/h2-14,16,22H,15H2,1H3,(H,28,30). The van der Waals surface area contributed by atoms with Crippen molar-refractivity contribution in [2.75, 3.05) is 7.11 Å². The molecule has 0 aliphatic rings. The van der Waals surface area contributed by atoms with Crippen molar-refractivity contribution in [2.24, 2.45) is 0 Å². The van der Waals surface area contributed by atoms with E-state index in [1.54, 1.807) is 54.5 Å². The van der Waals surface area contributed by atoms with Crippen LogP contribution in [0.1, 0.15) is 27.5 Å². The first-order valence-corrected chi connectivity index (χ1v) is 9.78. The van der Waals surface area contributed by atoms with E-state index < -0.39 is 0 Å². The number of aromatic nitrogens is 3. The predicted molar refractivity (Wildman–Crippen MR) is 115 cm³/mol. The molecule has 31 heavy (non-hydrogen) atoms. The van der Waals surface area contributed by atoms with Crippen LogP contribution in [-0.4, -0.2) is 27.8 Å². The lowest BCUT2D eigenvalue weighted by molar-refractivity contribution is 0.0936. The average Bonchev–Trinajstić information content (AvgIpc) is 3.35. The Hall–Kier alpha value is -4.00. The average molecular weight is 416 g/mol. The van der Waals surface area contributed by atoms with Gasteiger partial charge >= 0.3 is 0 Å². The molecule has 156 valence electrons. The van der Waals surface area contributed by atoms with Gasteiger partial charge in [0, 0.05) is 18.6 Å². The first-order valence-electron chi connectivity index (χ1n) is 9.78. The van der Waals surface area contributed by atoms with Crippen molar-refractivity contribution in [3.8, 4) is 11.6 Å². The lowest BCUT2D eigenvalue weighted by Gasteiger charge is -2.20. The Morgan fingerprint density at radius 3 is 2.48 bits per heavy atom. The number of methoxy groups -OCH3 is 1. The van der Waals surface area contributed by atoms with Crippen LogP contribution in [0.25, 0.3) is 5.82 Å². The molecule has 4 aromatic rings. The molecule has 2 aromatic heterocycles. The van der Waals surface area contributed by atoms with Crippen molar-refractivity contribution in [3.05, 3.63) is 108 Å². The maximum absolute atomic E-state index is 13.3. The number of rotatable bonds is 7. The first kappa shape index (κ1) is 20.3. The summed E-state index contributed by atoms with van der Waals surface area (Å²) in [6.07, 6.45) is 5.48. The highest BCUT2D eigenvalue weighted by atomic mass is 19.1. The number of pyridine rings is 1. The topological polar surface area (TPSA) is 69.0 Å². The summed E-state index contributed by atoms with van der Waals surface area (Å²) in [5, 5.41) is 7.20. The molecule has 1 N–H and O–H groups in total. The normalized spacial score (nSPS) is 11.7. The van der Waals surface area contributed by atoms with Crippen molar-refractivity contribution in [2.45, 2.75) is 12.5 Å². The van der Waals surface area contributed by atoms with E-state index in [-0.39, 0.29) is 17.8 Å². The third kappa shape index (κ3) is 4.95. The molecule has 0 fully saturated rings. The van der Waals surface area contributed by atoms with Gasteiger partial charge in [0.15, 0.2) is 5.82 Å². The molecule has 0 saturated heterocycles. The Morgan fingerprint density at radius 2 is 1.87 bits per heavy atom. The number of hydrogen-bond acceptors (Lipinski definition) is 4. The van der Waals surface area contributed by atoms with Crippen molar-refractivity contribution < 1.29 is 13.9 Å². The van der Waals surface area contributed by atoms with Gasteiger partial charge in [0.1, 0.15) is 11.6 Å². The highest BCUT2D eigenvalue weighted by Crippen LogP contribution is 2.22. The monoisotopic (exact) mass is 416 g/mol. The first-order chi connectivity index (χ1) is 15.1. The summed E-state index contributed by atoms with van der Waals surface area (Å²) < 4.78 is 20.1. The summed E-state index contributed by atoms with van der Waals surface area (Å²) in [4.78, 5) is 17.3. The van der Waals surface area contributed by atoms with Crippen molar-refractivity contribution in [1.29, 1.82) is 0 Å². The van der Waals surface area contributed by atoms with Gasteiger partial charge in [-0.15, -0.1) is 0 Å². The number of benzene rings is 2. The molecule has 0 saturated carbocycles. The van der Waals surface area contributed by atoms with E-state index in [1.807, 2.05) is 24.3 Å². The number of hydrogen-bond donors (Lipinski definition) is 1. The summed E-state index contributed by atoms with van der Waals surface area (Å²) in [6.45, 7) is 0. The maximum Gasteiger partial charge on any atom is 0.253 e. The fourth-order valence-electron chi connectivity index (χ4n) is 3.25. The van der Waals surface area contributed by atoms with Crippen LogP contribution in [0.4, 0.5) is 4.39 Å². The zero-order valence-corrected chi connectivity index (χ0v) is 16.9. The molecular formula is C24H21FN4O2. The van der Waals surface area contributed by atoms with Crippen LogP contribution in [0.2, 0.25) is 0 Å². The van der Waals surface area contributed by atoms with Crippen molar-refractivity contribution >= 4 is 5.91 Å². The van der Waals surface area contributed by atoms with Gasteiger partial charge < -0.3 is 10.1 Å². The van der Waals surface area contributed by atoms with Crippen molar-refractivity contribution in [3.63, 3.8) is 0 Å². The minimum absolute atomic E-state index is 0.248. The number of ether oxygens (including phenoxy) is 1. The van der Waals surface area contributed by atoms with Gasteiger partial charge in [-0.3, -0.25) is 4.79 Å². The van der Waals surface area contributed by atoms with E-state index in [0.717, 1.165) is 16.9 Å².